The van der Waals surface area contributed by atoms with Crippen LogP contribution in [0.1, 0.15) is 18.5 Å². The predicted molar refractivity (Wildman–Crippen MR) is 108 cm³/mol. The van der Waals surface area contributed by atoms with Gasteiger partial charge in [0, 0.05) is 31.9 Å². The molecule has 0 aliphatic carbocycles. The highest BCUT2D eigenvalue weighted by molar-refractivity contribution is 7.62. The molecule has 1 heterocycles. The summed E-state index contributed by atoms with van der Waals surface area (Å²) in [5, 5.41) is 14.0. The third kappa shape index (κ3) is 4.37. The average molecular weight is 417 g/mol. The quantitative estimate of drug-likeness (QED) is 0.323. The lowest BCUT2D eigenvalue weighted by Crippen LogP contribution is -2.16. The van der Waals surface area contributed by atoms with Crippen molar-refractivity contribution in [3.05, 3.63) is 70.3 Å². The van der Waals surface area contributed by atoms with Gasteiger partial charge in [0.05, 0.1) is 11.0 Å². The Bertz CT molecular complexity index is 1030. The van der Waals surface area contributed by atoms with Crippen LogP contribution in [0.15, 0.2) is 59.0 Å². The molecule has 3 rings (SSSR count). The smallest absolute Gasteiger partial charge is 0.384 e. The molecule has 1 aromatic heterocycles. The van der Waals surface area contributed by atoms with Gasteiger partial charge in [0.2, 0.25) is 17.2 Å². The molecule has 0 bridgehead atoms. The van der Waals surface area contributed by atoms with Gasteiger partial charge in [-0.1, -0.05) is 30.3 Å². The summed E-state index contributed by atoms with van der Waals surface area (Å²) < 4.78 is 29.0. The first-order valence-electron chi connectivity index (χ1n) is 8.67. The molecule has 0 aliphatic rings. The second-order valence-electron chi connectivity index (χ2n) is 6.12. The molecule has 0 spiro atoms. The maximum Gasteiger partial charge on any atom is 0.384 e. The zero-order valence-electron chi connectivity index (χ0n) is 16.1. The van der Waals surface area contributed by atoms with Crippen LogP contribution in [0.25, 0.3) is 11.5 Å². The van der Waals surface area contributed by atoms with Crippen LogP contribution in [-0.4, -0.2) is 24.1 Å². The number of oxazole rings is 1. The van der Waals surface area contributed by atoms with E-state index in [-0.39, 0.29) is 28.9 Å². The summed E-state index contributed by atoms with van der Waals surface area (Å²) >= 11 is 0. The molecule has 152 valence electrons. The van der Waals surface area contributed by atoms with Gasteiger partial charge in [-0.15, -0.1) is 0 Å². The molecule has 0 fully saturated rings. The zero-order chi connectivity index (χ0) is 21.0. The van der Waals surface area contributed by atoms with Crippen LogP contribution in [0, 0.1) is 10.1 Å². The normalized spacial score (nSPS) is 12.5. The lowest BCUT2D eigenvalue weighted by Gasteiger charge is -2.16. The topological polar surface area (TPSA) is 117 Å². The number of rotatable bonds is 8. The monoisotopic (exact) mass is 417 g/mol. The maximum absolute atomic E-state index is 13.0. The van der Waals surface area contributed by atoms with Gasteiger partial charge in [-0.3, -0.25) is 14.7 Å². The Kier molecular flexibility index (Phi) is 6.12. The van der Waals surface area contributed by atoms with Crippen molar-refractivity contribution in [3.8, 4) is 11.5 Å². The number of nitrogens with one attached hydrogen (secondary N) is 1. The molecule has 0 amide bonds. The van der Waals surface area contributed by atoms with Crippen LogP contribution in [0.5, 0.6) is 0 Å². The summed E-state index contributed by atoms with van der Waals surface area (Å²) in [5.74, 6) is 0.272. The average Bonchev–Trinajstić information content (AvgIpc) is 3.18. The second kappa shape index (κ2) is 8.57. The highest BCUT2D eigenvalue weighted by Crippen LogP contribution is 2.48. The van der Waals surface area contributed by atoms with Gasteiger partial charge < -0.3 is 18.8 Å². The largest absolute Gasteiger partial charge is 0.420 e. The van der Waals surface area contributed by atoms with Crippen molar-refractivity contribution >= 4 is 24.6 Å². The summed E-state index contributed by atoms with van der Waals surface area (Å²) in [4.78, 5) is 14.7. The molecule has 0 aliphatic heterocycles. The van der Waals surface area contributed by atoms with Gasteiger partial charge in [0.15, 0.2) is 0 Å². The number of hydrogen-bond donors (Lipinski definition) is 1. The summed E-state index contributed by atoms with van der Waals surface area (Å²) in [6.07, 6.45) is 0. The number of nitro benzene ring substituents is 1. The Labute approximate surface area is 167 Å². The van der Waals surface area contributed by atoms with Crippen LogP contribution in [0.4, 0.5) is 11.6 Å². The third-order valence-electron chi connectivity index (χ3n) is 4.32. The summed E-state index contributed by atoms with van der Waals surface area (Å²) in [7, 11) is -1.20. The van der Waals surface area contributed by atoms with Crippen LogP contribution in [-0.2, 0) is 13.6 Å². The first-order chi connectivity index (χ1) is 13.9. The second-order valence-corrected chi connectivity index (χ2v) is 8.26. The number of hydrogen-bond acceptors (Lipinski definition) is 8. The van der Waals surface area contributed by atoms with Gasteiger partial charge in [0.1, 0.15) is 0 Å². The Morgan fingerprint density at radius 2 is 1.72 bits per heavy atom. The van der Waals surface area contributed by atoms with E-state index in [1.165, 1.54) is 38.5 Å². The molecule has 2 aromatic carbocycles. The third-order valence-corrected chi connectivity index (χ3v) is 6.10. The van der Waals surface area contributed by atoms with Gasteiger partial charge in [0.25, 0.3) is 5.69 Å². The van der Waals surface area contributed by atoms with Crippen molar-refractivity contribution in [2.24, 2.45) is 0 Å². The molecule has 9 nitrogen and oxygen atoms in total. The molecule has 10 heteroatoms. The van der Waals surface area contributed by atoms with Crippen molar-refractivity contribution in [1.82, 2.24) is 4.98 Å². The highest BCUT2D eigenvalue weighted by atomic mass is 31.2. The molecular weight excluding hydrogens is 397 g/mol. The molecule has 1 atom stereocenters. The van der Waals surface area contributed by atoms with E-state index in [0.29, 0.717) is 5.56 Å². The first kappa shape index (κ1) is 20.7. The summed E-state index contributed by atoms with van der Waals surface area (Å²) in [6, 6.07) is 15.1. The van der Waals surface area contributed by atoms with Crippen molar-refractivity contribution in [3.63, 3.8) is 0 Å². The van der Waals surface area contributed by atoms with Crippen LogP contribution in [0.3, 0.4) is 0 Å². The van der Waals surface area contributed by atoms with Crippen LogP contribution >= 0.6 is 7.60 Å². The van der Waals surface area contributed by atoms with E-state index < -0.39 is 12.5 Å². The fourth-order valence-electron chi connectivity index (χ4n) is 2.71. The number of nitrogens with zero attached hydrogens (tertiary/aromatic N) is 2. The zero-order valence-corrected chi connectivity index (χ0v) is 17.0. The predicted octanol–water partition coefficient (Wildman–Crippen LogP) is 4.53. The van der Waals surface area contributed by atoms with Gasteiger partial charge in [-0.2, -0.15) is 4.98 Å². The molecular formula is C19H20N3O6P. The van der Waals surface area contributed by atoms with Gasteiger partial charge >= 0.3 is 7.60 Å². The first-order valence-corrected chi connectivity index (χ1v) is 10.2. The minimum absolute atomic E-state index is 0.00126. The molecule has 0 unspecified atom stereocenters. The minimum atomic E-state index is -3.72. The Balaban J connectivity index is 2.01. The van der Waals surface area contributed by atoms with E-state index in [9.17, 15) is 14.7 Å². The number of aromatic nitrogens is 1. The number of non-ortho nitro benzene ring substituents is 1. The van der Waals surface area contributed by atoms with Crippen LogP contribution in [0.2, 0.25) is 0 Å². The van der Waals surface area contributed by atoms with E-state index in [1.807, 2.05) is 37.3 Å². The molecule has 0 saturated heterocycles. The van der Waals surface area contributed by atoms with Gasteiger partial charge in [-0.05, 0) is 24.6 Å². The number of benzene rings is 2. The van der Waals surface area contributed by atoms with Crippen molar-refractivity contribution in [2.45, 2.75) is 13.0 Å². The van der Waals surface area contributed by atoms with E-state index >= 15 is 0 Å². The number of nitro groups is 1. The fourth-order valence-corrected chi connectivity index (χ4v) is 3.78. The lowest BCUT2D eigenvalue weighted by atomic mass is 10.1. The standard InChI is InChI=1S/C19H20N3O6P/c1-13(14-7-5-4-6-8-14)20-18-19(29(25,26-2)27-3)21-17(28-18)15-9-11-16(12-10-15)22(23)24/h4-13,20H,1-3H3/t13-/m0/s1. The van der Waals surface area contributed by atoms with E-state index in [1.54, 1.807) is 0 Å². The van der Waals surface area contributed by atoms with Crippen molar-refractivity contribution in [1.29, 1.82) is 0 Å². The Hall–Kier alpha value is -3.00. The molecule has 3 aromatic rings. The van der Waals surface area contributed by atoms with E-state index in [0.717, 1.165) is 5.56 Å². The Morgan fingerprint density at radius 3 is 2.28 bits per heavy atom. The minimum Gasteiger partial charge on any atom is -0.420 e. The lowest BCUT2D eigenvalue weighted by molar-refractivity contribution is -0.384. The van der Waals surface area contributed by atoms with Crippen molar-refractivity contribution < 1.29 is 23.0 Å². The van der Waals surface area contributed by atoms with Gasteiger partial charge in [-0.25, -0.2) is 0 Å². The molecule has 0 radical (unpaired) electrons. The SMILES string of the molecule is COP(=O)(OC)c1nc(-c2ccc([N+](=O)[O-])cc2)oc1N[C@@H](C)c1ccccc1. The fraction of sp³-hybridized carbons (Fsp3) is 0.211. The highest BCUT2D eigenvalue weighted by Gasteiger charge is 2.35. The molecule has 29 heavy (non-hydrogen) atoms. The van der Waals surface area contributed by atoms with E-state index in [4.69, 9.17) is 13.5 Å². The Morgan fingerprint density at radius 1 is 1.10 bits per heavy atom. The van der Waals surface area contributed by atoms with Crippen LogP contribution < -0.4 is 10.8 Å². The van der Waals surface area contributed by atoms with Crippen molar-refractivity contribution in [2.75, 3.05) is 19.5 Å². The summed E-state index contributed by atoms with van der Waals surface area (Å²) in [6.45, 7) is 1.91. The maximum atomic E-state index is 13.0. The molecule has 0 saturated carbocycles. The van der Waals surface area contributed by atoms with E-state index in [2.05, 4.69) is 10.3 Å². The summed E-state index contributed by atoms with van der Waals surface area (Å²) in [5.41, 5.74) is 1.40. The number of anilines is 1. The molecule has 1 N–H and O–H groups in total.